The molecule has 0 radical (unpaired) electrons. The third kappa shape index (κ3) is 6.26. The zero-order valence-corrected chi connectivity index (χ0v) is 14.2. The Labute approximate surface area is 157 Å². The topological polar surface area (TPSA) is 52.6 Å². The quantitative estimate of drug-likeness (QED) is 0.303. The molecule has 1 rings (SSSR count). The van der Waals surface area contributed by atoms with Gasteiger partial charge in [0.05, 0.1) is 0 Å². The minimum absolute atomic E-state index is 0.153. The molecule has 29 heavy (non-hydrogen) atoms. The van der Waals surface area contributed by atoms with E-state index in [-0.39, 0.29) is 12.2 Å². The third-order valence-corrected chi connectivity index (χ3v) is 3.36. The van der Waals surface area contributed by atoms with Gasteiger partial charge in [0, 0.05) is 18.9 Å². The lowest BCUT2D eigenvalue weighted by Crippen LogP contribution is -2.59. The van der Waals surface area contributed by atoms with E-state index in [4.69, 9.17) is 4.74 Å². The van der Waals surface area contributed by atoms with Crippen molar-refractivity contribution in [1.29, 1.82) is 0 Å². The van der Waals surface area contributed by atoms with Crippen molar-refractivity contribution in [1.82, 2.24) is 0 Å². The molecule has 0 amide bonds. The largest absolute Gasteiger partial charge is 0.459 e. The Morgan fingerprint density at radius 3 is 2.10 bits per heavy atom. The third-order valence-electron chi connectivity index (χ3n) is 3.36. The van der Waals surface area contributed by atoms with E-state index >= 15 is 0 Å². The Morgan fingerprint density at radius 1 is 0.966 bits per heavy atom. The number of carbonyl (C=O) groups excluding carboxylic acids is 2. The first-order valence-corrected chi connectivity index (χ1v) is 7.74. The summed E-state index contributed by atoms with van der Waals surface area (Å²) in [7, 11) is 0. The summed E-state index contributed by atoms with van der Waals surface area (Å²) >= 11 is 0. The van der Waals surface area contributed by atoms with E-state index in [2.05, 4.69) is 4.74 Å². The lowest BCUT2D eigenvalue weighted by atomic mass is 10.1. The smallest absolute Gasteiger partial charge is 0.381 e. The number of alkyl halides is 8. The van der Waals surface area contributed by atoms with Gasteiger partial charge in [-0.05, 0) is 18.6 Å². The number of rotatable bonds is 10. The number of hydrogen-bond donors (Lipinski definition) is 0. The minimum Gasteiger partial charge on any atom is -0.459 e. The van der Waals surface area contributed by atoms with Crippen LogP contribution in [-0.4, -0.2) is 42.7 Å². The van der Waals surface area contributed by atoms with E-state index in [1.807, 2.05) is 0 Å². The van der Waals surface area contributed by atoms with E-state index in [9.17, 15) is 49.1 Å². The summed E-state index contributed by atoms with van der Waals surface area (Å²) in [6.45, 7) is -2.57. The highest BCUT2D eigenvalue weighted by Crippen LogP contribution is 2.48. The van der Waals surface area contributed by atoms with E-state index in [0.29, 0.717) is 0 Å². The summed E-state index contributed by atoms with van der Waals surface area (Å²) in [5.74, 6) is -22.0. The molecule has 0 N–H and O–H groups in total. The second kappa shape index (κ2) is 9.35. The van der Waals surface area contributed by atoms with Gasteiger partial charge in [0.15, 0.2) is 6.61 Å². The molecule has 4 nitrogen and oxygen atoms in total. The monoisotopic (exact) mass is 440 g/mol. The number of hydrogen-bond acceptors (Lipinski definition) is 4. The molecule has 0 saturated heterocycles. The molecule has 0 fully saturated rings. The van der Waals surface area contributed by atoms with Crippen molar-refractivity contribution >= 4 is 11.9 Å². The predicted octanol–water partition coefficient (Wildman–Crippen LogP) is 4.62. The van der Waals surface area contributed by atoms with E-state index in [0.717, 1.165) is 12.1 Å². The van der Waals surface area contributed by atoms with Crippen LogP contribution in [0, 0.1) is 5.82 Å². The van der Waals surface area contributed by atoms with Crippen molar-refractivity contribution in [3.05, 3.63) is 30.1 Å². The number of carbonyl (C=O) groups is 2. The van der Waals surface area contributed by atoms with Crippen LogP contribution in [-0.2, 0) is 14.3 Å². The van der Waals surface area contributed by atoms with Crippen LogP contribution in [0.15, 0.2) is 24.3 Å². The van der Waals surface area contributed by atoms with Gasteiger partial charge in [-0.2, -0.15) is 26.3 Å². The maximum absolute atomic E-state index is 13.2. The fourth-order valence-corrected chi connectivity index (χ4v) is 1.80. The Kier molecular flexibility index (Phi) is 7.92. The fraction of sp³-hybridized carbons (Fsp3) is 0.500. The summed E-state index contributed by atoms with van der Waals surface area (Å²) in [4.78, 5) is 22.7. The average molecular weight is 440 g/mol. The normalized spacial score (nSPS) is 12.8. The Hall–Kier alpha value is -2.47. The zero-order valence-electron chi connectivity index (χ0n) is 14.2. The number of benzene rings is 1. The molecule has 0 saturated carbocycles. The minimum atomic E-state index is -6.48. The van der Waals surface area contributed by atoms with Gasteiger partial charge in [0.25, 0.3) is 0 Å². The van der Waals surface area contributed by atoms with Gasteiger partial charge in [-0.1, -0.05) is 6.07 Å². The molecular weight excluding hydrogens is 427 g/mol. The summed E-state index contributed by atoms with van der Waals surface area (Å²) in [5, 5.41) is 0. The van der Waals surface area contributed by atoms with Gasteiger partial charge in [0.1, 0.15) is 11.6 Å². The summed E-state index contributed by atoms with van der Waals surface area (Å²) in [6, 6.07) is 4.43. The molecule has 0 bridgehead atoms. The Morgan fingerprint density at radius 2 is 1.55 bits per heavy atom. The number of halogens is 9. The molecule has 13 heteroatoms. The van der Waals surface area contributed by atoms with Crippen LogP contribution in [0.2, 0.25) is 0 Å². The van der Waals surface area contributed by atoms with Crippen molar-refractivity contribution in [3.63, 3.8) is 0 Å². The summed E-state index contributed by atoms with van der Waals surface area (Å²) in [5.41, 5.74) is 0. The zero-order chi connectivity index (χ0) is 22.5. The van der Waals surface area contributed by atoms with Gasteiger partial charge in [-0.15, -0.1) is 0 Å². The molecule has 0 aliphatic carbocycles. The van der Waals surface area contributed by atoms with Gasteiger partial charge >= 0.3 is 36.1 Å². The molecule has 1 aromatic rings. The van der Waals surface area contributed by atoms with Crippen LogP contribution in [0.4, 0.5) is 39.5 Å². The van der Waals surface area contributed by atoms with E-state index < -0.39 is 61.4 Å². The first kappa shape index (κ1) is 24.6. The second-order valence-corrected chi connectivity index (χ2v) is 5.65. The van der Waals surface area contributed by atoms with Crippen molar-refractivity contribution in [2.45, 2.75) is 43.5 Å². The van der Waals surface area contributed by atoms with Crippen molar-refractivity contribution < 1.29 is 58.6 Å². The Bertz CT molecular complexity index is 722. The Balaban J connectivity index is 2.47. The second-order valence-electron chi connectivity index (χ2n) is 5.65. The average Bonchev–Trinajstić information content (AvgIpc) is 2.59. The molecule has 0 atom stereocenters. The first-order valence-electron chi connectivity index (χ1n) is 7.74. The van der Waals surface area contributed by atoms with Gasteiger partial charge in [-0.25, -0.2) is 13.2 Å². The van der Waals surface area contributed by atoms with Crippen molar-refractivity contribution in [3.8, 4) is 5.75 Å². The lowest BCUT2D eigenvalue weighted by Gasteiger charge is -2.31. The molecule has 0 aromatic heterocycles. The van der Waals surface area contributed by atoms with E-state index in [1.54, 1.807) is 0 Å². The SMILES string of the molecule is O=C(CCCC(=O)Oc1cccc(F)c1)OCC(F)(F)C(F)(F)C(F)(F)C(F)F. The highest BCUT2D eigenvalue weighted by Gasteiger charge is 2.75. The standard InChI is InChI=1S/C16H13F9O4/c17-9-3-1-4-10(7-9)29-12(27)6-2-5-11(26)28-8-14(20,21)16(24,25)15(22,23)13(18)19/h1,3-4,7,13H,2,5-6,8H2. The van der Waals surface area contributed by atoms with Crippen LogP contribution in [0.3, 0.4) is 0 Å². The number of esters is 2. The first-order chi connectivity index (χ1) is 13.2. The van der Waals surface area contributed by atoms with Crippen molar-refractivity contribution in [2.24, 2.45) is 0 Å². The highest BCUT2D eigenvalue weighted by molar-refractivity contribution is 5.74. The summed E-state index contributed by atoms with van der Waals surface area (Å²) < 4.78 is 123. The van der Waals surface area contributed by atoms with Crippen LogP contribution < -0.4 is 4.74 Å². The molecule has 0 spiro atoms. The van der Waals surface area contributed by atoms with Crippen LogP contribution in [0.25, 0.3) is 0 Å². The predicted molar refractivity (Wildman–Crippen MR) is 77.7 cm³/mol. The molecule has 1 aromatic carbocycles. The molecule has 0 heterocycles. The van der Waals surface area contributed by atoms with Gasteiger partial charge in [-0.3, -0.25) is 9.59 Å². The molecule has 164 valence electrons. The van der Waals surface area contributed by atoms with Gasteiger partial charge < -0.3 is 9.47 Å². The number of ether oxygens (including phenoxy) is 2. The van der Waals surface area contributed by atoms with Crippen molar-refractivity contribution in [2.75, 3.05) is 6.61 Å². The maximum Gasteiger partial charge on any atom is 0.381 e. The maximum atomic E-state index is 13.2. The van der Waals surface area contributed by atoms with E-state index in [1.165, 1.54) is 12.1 Å². The molecule has 0 aliphatic heterocycles. The highest BCUT2D eigenvalue weighted by atomic mass is 19.4. The molecular formula is C16H13F9O4. The fourth-order valence-electron chi connectivity index (χ4n) is 1.80. The van der Waals surface area contributed by atoms with Gasteiger partial charge in [0.2, 0.25) is 0 Å². The lowest BCUT2D eigenvalue weighted by molar-refractivity contribution is -0.344. The van der Waals surface area contributed by atoms with Crippen LogP contribution in [0.5, 0.6) is 5.75 Å². The van der Waals surface area contributed by atoms with Crippen LogP contribution >= 0.6 is 0 Å². The van der Waals surface area contributed by atoms with Crippen LogP contribution in [0.1, 0.15) is 19.3 Å². The summed E-state index contributed by atoms with van der Waals surface area (Å²) in [6.07, 6.45) is -6.71. The molecule has 0 aliphatic rings. The molecule has 0 unspecified atom stereocenters.